The molecule has 0 aliphatic carbocycles. The normalized spacial score (nSPS) is 12.2. The third-order valence-electron chi connectivity index (χ3n) is 2.55. The number of ether oxygens (including phenoxy) is 1. The average molecular weight is 260 g/mol. The summed E-state index contributed by atoms with van der Waals surface area (Å²) in [4.78, 5) is 12.2. The van der Waals surface area contributed by atoms with Crippen LogP contribution in [0.1, 0.15) is 19.4 Å². The maximum atomic E-state index is 10.8. The van der Waals surface area contributed by atoms with Crippen LogP contribution in [0.25, 0.3) is 11.4 Å². The summed E-state index contributed by atoms with van der Waals surface area (Å²) in [6.07, 6.45) is -0.280. The maximum Gasteiger partial charge on any atom is 0.302 e. The van der Waals surface area contributed by atoms with Gasteiger partial charge >= 0.3 is 5.97 Å². The summed E-state index contributed by atoms with van der Waals surface area (Å²) in [5.74, 6) is 0.251. The number of esters is 1. The predicted molar refractivity (Wildman–Crippen MR) is 69.2 cm³/mol. The van der Waals surface area contributed by atoms with Crippen molar-refractivity contribution in [1.29, 1.82) is 0 Å². The highest BCUT2D eigenvalue weighted by Gasteiger charge is 2.10. The monoisotopic (exact) mass is 260 g/mol. The summed E-state index contributed by atoms with van der Waals surface area (Å²) >= 11 is 0. The first kappa shape index (κ1) is 13.2. The van der Waals surface area contributed by atoms with Crippen LogP contribution in [0.15, 0.2) is 24.3 Å². The number of aryl methyl sites for hydroxylation is 1. The molecule has 6 nitrogen and oxygen atoms in total. The van der Waals surface area contributed by atoms with E-state index >= 15 is 0 Å². The second-order valence-electron chi connectivity index (χ2n) is 4.45. The highest BCUT2D eigenvalue weighted by atomic mass is 16.5. The third kappa shape index (κ3) is 3.61. The molecule has 0 aliphatic heterocycles. The topological polar surface area (TPSA) is 69.9 Å². The summed E-state index contributed by atoms with van der Waals surface area (Å²) in [6, 6.07) is 7.90. The Morgan fingerprint density at radius 2 is 2.05 bits per heavy atom. The standard InChI is InChI=1S/C13H16N4O2/c1-9-4-6-12(7-5-9)13-14-16-17(15-13)8-10(2)19-11(3)18/h4-7,10H,8H2,1-3H3/t10-/m1/s1. The lowest BCUT2D eigenvalue weighted by Gasteiger charge is -2.09. The smallest absolute Gasteiger partial charge is 0.302 e. The molecule has 2 aromatic rings. The van der Waals surface area contributed by atoms with E-state index < -0.39 is 0 Å². The molecule has 0 aliphatic rings. The van der Waals surface area contributed by atoms with Gasteiger partial charge in [0.1, 0.15) is 6.10 Å². The first-order chi connectivity index (χ1) is 9.04. The number of carbonyl (C=O) groups excluding carboxylic acids is 1. The van der Waals surface area contributed by atoms with Crippen LogP contribution in [0.3, 0.4) is 0 Å². The SMILES string of the molecule is CC(=O)O[C@H](C)Cn1nnc(-c2ccc(C)cc2)n1. The van der Waals surface area contributed by atoms with Gasteiger partial charge in [-0.25, -0.2) is 0 Å². The first-order valence-corrected chi connectivity index (χ1v) is 6.06. The minimum absolute atomic E-state index is 0.280. The van der Waals surface area contributed by atoms with E-state index in [1.54, 1.807) is 6.92 Å². The fourth-order valence-corrected chi connectivity index (χ4v) is 1.69. The fourth-order valence-electron chi connectivity index (χ4n) is 1.69. The number of hydrogen-bond donors (Lipinski definition) is 0. The summed E-state index contributed by atoms with van der Waals surface area (Å²) in [6.45, 7) is 5.58. The van der Waals surface area contributed by atoms with Crippen LogP contribution in [0, 0.1) is 6.92 Å². The van der Waals surface area contributed by atoms with E-state index in [2.05, 4.69) is 15.4 Å². The molecule has 19 heavy (non-hydrogen) atoms. The second kappa shape index (κ2) is 5.60. The molecule has 0 radical (unpaired) electrons. The molecule has 0 fully saturated rings. The number of tetrazole rings is 1. The van der Waals surface area contributed by atoms with Gasteiger partial charge in [-0.2, -0.15) is 4.80 Å². The molecular weight excluding hydrogens is 244 g/mol. The van der Waals surface area contributed by atoms with Gasteiger partial charge < -0.3 is 4.74 Å². The Labute approximate surface area is 111 Å². The molecule has 0 bridgehead atoms. The zero-order chi connectivity index (χ0) is 13.8. The van der Waals surface area contributed by atoms with E-state index in [-0.39, 0.29) is 12.1 Å². The van der Waals surface area contributed by atoms with Crippen molar-refractivity contribution < 1.29 is 9.53 Å². The van der Waals surface area contributed by atoms with Crippen molar-refractivity contribution in [1.82, 2.24) is 20.2 Å². The van der Waals surface area contributed by atoms with Gasteiger partial charge in [0.05, 0.1) is 6.54 Å². The number of carbonyl (C=O) groups is 1. The zero-order valence-electron chi connectivity index (χ0n) is 11.2. The Morgan fingerprint density at radius 1 is 1.37 bits per heavy atom. The summed E-state index contributed by atoms with van der Waals surface area (Å²) in [5, 5.41) is 12.2. The van der Waals surface area contributed by atoms with Gasteiger partial charge in [0.15, 0.2) is 0 Å². The minimum atomic E-state index is -0.314. The van der Waals surface area contributed by atoms with Gasteiger partial charge in [-0.1, -0.05) is 29.8 Å². The Bertz CT molecular complexity index is 562. The Kier molecular flexibility index (Phi) is 3.89. The summed E-state index contributed by atoms with van der Waals surface area (Å²) in [7, 11) is 0. The second-order valence-corrected chi connectivity index (χ2v) is 4.45. The molecule has 1 heterocycles. The number of benzene rings is 1. The molecular formula is C13H16N4O2. The largest absolute Gasteiger partial charge is 0.461 e. The highest BCUT2D eigenvalue weighted by molar-refractivity contribution is 5.66. The van der Waals surface area contributed by atoms with Crippen molar-refractivity contribution in [2.75, 3.05) is 0 Å². The zero-order valence-corrected chi connectivity index (χ0v) is 11.2. The molecule has 1 aromatic heterocycles. The molecule has 6 heteroatoms. The van der Waals surface area contributed by atoms with Crippen molar-refractivity contribution in [3.63, 3.8) is 0 Å². The molecule has 1 atom stereocenters. The number of nitrogens with zero attached hydrogens (tertiary/aromatic N) is 4. The van der Waals surface area contributed by atoms with Crippen molar-refractivity contribution in [2.45, 2.75) is 33.4 Å². The lowest BCUT2D eigenvalue weighted by molar-refractivity contribution is -0.146. The number of rotatable bonds is 4. The third-order valence-corrected chi connectivity index (χ3v) is 2.55. The van der Waals surface area contributed by atoms with E-state index in [9.17, 15) is 4.79 Å². The Morgan fingerprint density at radius 3 is 2.68 bits per heavy atom. The molecule has 100 valence electrons. The lowest BCUT2D eigenvalue weighted by atomic mass is 10.1. The molecule has 0 spiro atoms. The Balaban J connectivity index is 2.06. The molecule has 0 saturated carbocycles. The molecule has 0 N–H and O–H groups in total. The predicted octanol–water partition coefficient (Wildman–Crippen LogP) is 1.60. The van der Waals surface area contributed by atoms with E-state index in [0.29, 0.717) is 12.4 Å². The van der Waals surface area contributed by atoms with Crippen LogP contribution in [-0.2, 0) is 16.1 Å². The van der Waals surface area contributed by atoms with E-state index in [4.69, 9.17) is 4.74 Å². The highest BCUT2D eigenvalue weighted by Crippen LogP contribution is 2.14. The van der Waals surface area contributed by atoms with E-state index in [1.807, 2.05) is 31.2 Å². The van der Waals surface area contributed by atoms with Crippen LogP contribution in [0.2, 0.25) is 0 Å². The number of aromatic nitrogens is 4. The van der Waals surface area contributed by atoms with Crippen LogP contribution < -0.4 is 0 Å². The van der Waals surface area contributed by atoms with Gasteiger partial charge in [-0.15, -0.1) is 10.2 Å². The first-order valence-electron chi connectivity index (χ1n) is 6.06. The van der Waals surface area contributed by atoms with Gasteiger partial charge in [-0.05, 0) is 19.1 Å². The van der Waals surface area contributed by atoms with Gasteiger partial charge in [0, 0.05) is 12.5 Å². The van der Waals surface area contributed by atoms with Gasteiger partial charge in [0.25, 0.3) is 0 Å². The van der Waals surface area contributed by atoms with E-state index in [0.717, 1.165) is 5.56 Å². The summed E-state index contributed by atoms with van der Waals surface area (Å²) < 4.78 is 5.02. The molecule has 1 aromatic carbocycles. The fraction of sp³-hybridized carbons (Fsp3) is 0.385. The van der Waals surface area contributed by atoms with Crippen molar-refractivity contribution in [2.24, 2.45) is 0 Å². The minimum Gasteiger partial charge on any atom is -0.461 e. The molecule has 0 unspecified atom stereocenters. The van der Waals surface area contributed by atoms with Crippen molar-refractivity contribution in [3.8, 4) is 11.4 Å². The van der Waals surface area contributed by atoms with Crippen LogP contribution in [0.5, 0.6) is 0 Å². The van der Waals surface area contributed by atoms with E-state index in [1.165, 1.54) is 17.3 Å². The van der Waals surface area contributed by atoms with Crippen molar-refractivity contribution in [3.05, 3.63) is 29.8 Å². The van der Waals surface area contributed by atoms with Crippen LogP contribution >= 0.6 is 0 Å². The lowest BCUT2D eigenvalue weighted by Crippen LogP contribution is -2.20. The Hall–Kier alpha value is -2.24. The summed E-state index contributed by atoms with van der Waals surface area (Å²) in [5.41, 5.74) is 2.09. The van der Waals surface area contributed by atoms with Crippen molar-refractivity contribution >= 4 is 5.97 Å². The molecule has 2 rings (SSSR count). The molecule has 0 saturated heterocycles. The quantitative estimate of drug-likeness (QED) is 0.781. The van der Waals surface area contributed by atoms with Crippen LogP contribution in [-0.4, -0.2) is 32.3 Å². The molecule has 0 amide bonds. The van der Waals surface area contributed by atoms with Gasteiger partial charge in [0.2, 0.25) is 5.82 Å². The average Bonchev–Trinajstić information content (AvgIpc) is 2.77. The van der Waals surface area contributed by atoms with Crippen LogP contribution in [0.4, 0.5) is 0 Å². The maximum absolute atomic E-state index is 10.8. The number of hydrogen-bond acceptors (Lipinski definition) is 5. The van der Waals surface area contributed by atoms with Gasteiger partial charge in [-0.3, -0.25) is 4.79 Å².